The molecule has 0 radical (unpaired) electrons. The number of fused-ring (bicyclic) bond motifs is 1. The first-order chi connectivity index (χ1) is 17.6. The summed E-state index contributed by atoms with van der Waals surface area (Å²) in [5.41, 5.74) is -0.740. The van der Waals surface area contributed by atoms with Gasteiger partial charge in [0.15, 0.2) is 5.15 Å². The predicted octanol–water partition coefficient (Wildman–Crippen LogP) is 0.973. The molecule has 4 rings (SSSR count). The van der Waals surface area contributed by atoms with E-state index < -0.39 is 28.5 Å². The molecule has 3 aromatic heterocycles. The smallest absolute Gasteiger partial charge is 0.395 e. The van der Waals surface area contributed by atoms with Crippen molar-refractivity contribution in [3.63, 3.8) is 0 Å². The second kappa shape index (κ2) is 10.9. The van der Waals surface area contributed by atoms with Crippen molar-refractivity contribution in [1.29, 1.82) is 0 Å². The van der Waals surface area contributed by atoms with Crippen LogP contribution >= 0.6 is 11.6 Å². The van der Waals surface area contributed by atoms with Crippen LogP contribution in [0.4, 0.5) is 30.5 Å². The van der Waals surface area contributed by atoms with E-state index in [2.05, 4.69) is 31.0 Å². The third-order valence-electron chi connectivity index (χ3n) is 5.70. The van der Waals surface area contributed by atoms with Crippen molar-refractivity contribution < 1.29 is 23.1 Å². The number of aromatic nitrogens is 5. The average Bonchev–Trinajstić information content (AvgIpc) is 3.30. The van der Waals surface area contributed by atoms with E-state index in [-0.39, 0.29) is 37.1 Å². The average molecular weight is 544 g/mol. The number of carbonyl (C=O) groups excluding carboxylic acids is 1. The highest BCUT2D eigenvalue weighted by Crippen LogP contribution is 2.31. The Bertz CT molecular complexity index is 1350. The molecule has 1 aliphatic rings. The lowest BCUT2D eigenvalue weighted by molar-refractivity contribution is -0.141. The van der Waals surface area contributed by atoms with Gasteiger partial charge < -0.3 is 30.5 Å². The molecule has 4 heterocycles. The Morgan fingerprint density at radius 1 is 1.24 bits per heavy atom. The van der Waals surface area contributed by atoms with Crippen molar-refractivity contribution in [3.05, 3.63) is 39.0 Å². The number of nitrogens with one attached hydrogen (secondary N) is 3. The zero-order chi connectivity index (χ0) is 26.7. The van der Waals surface area contributed by atoms with Crippen LogP contribution in [0.15, 0.2) is 16.9 Å². The predicted molar refractivity (Wildman–Crippen MR) is 130 cm³/mol. The quantitative estimate of drug-likeness (QED) is 0.306. The fourth-order valence-electron chi connectivity index (χ4n) is 4.08. The molecule has 4 N–H and O–H groups in total. The number of halogens is 4. The lowest BCUT2D eigenvalue weighted by Crippen LogP contribution is -2.47. The summed E-state index contributed by atoms with van der Waals surface area (Å²) >= 11 is 5.89. The van der Waals surface area contributed by atoms with Crippen molar-refractivity contribution in [3.8, 4) is 0 Å². The number of rotatable bonds is 8. The molecule has 12 nitrogen and oxygen atoms in total. The van der Waals surface area contributed by atoms with Gasteiger partial charge in [0.25, 0.3) is 5.56 Å². The number of alkyl halides is 3. The molecule has 1 amide bonds. The monoisotopic (exact) mass is 543 g/mol. The summed E-state index contributed by atoms with van der Waals surface area (Å²) in [6.07, 6.45) is -4.30. The maximum Gasteiger partial charge on any atom is 0.433 e. The first-order valence-corrected chi connectivity index (χ1v) is 11.9. The second-order valence-electron chi connectivity index (χ2n) is 8.16. The van der Waals surface area contributed by atoms with Gasteiger partial charge in [0, 0.05) is 32.7 Å². The van der Waals surface area contributed by atoms with Gasteiger partial charge in [-0.05, 0) is 18.6 Å². The van der Waals surface area contributed by atoms with E-state index in [1.54, 1.807) is 0 Å². The number of nitrogens with zero attached hydrogens (tertiary/aromatic N) is 6. The number of aliphatic hydroxyl groups excluding tert-OH is 1. The third-order valence-corrected chi connectivity index (χ3v) is 5.99. The SMILES string of the molecule is CCc1c(N2CCNCC2)c(=O)n2nc(NCCO)nc2n1CC(=O)Nc1ccc(C(F)(F)F)nc1Cl. The lowest BCUT2D eigenvalue weighted by atomic mass is 10.2. The normalized spacial score (nSPS) is 14.3. The lowest BCUT2D eigenvalue weighted by Gasteiger charge is -2.31. The van der Waals surface area contributed by atoms with Crippen LogP contribution in [0.3, 0.4) is 0 Å². The Labute approximate surface area is 213 Å². The van der Waals surface area contributed by atoms with Gasteiger partial charge in [0.2, 0.25) is 17.6 Å². The van der Waals surface area contributed by atoms with E-state index in [1.165, 1.54) is 4.57 Å². The number of anilines is 3. The molecule has 16 heteroatoms. The summed E-state index contributed by atoms with van der Waals surface area (Å²) in [6, 6.07) is 1.74. The maximum atomic E-state index is 13.5. The number of carbonyl (C=O) groups is 1. The van der Waals surface area contributed by atoms with Gasteiger partial charge in [-0.25, -0.2) is 4.98 Å². The van der Waals surface area contributed by atoms with Crippen molar-refractivity contribution in [1.82, 2.24) is 29.5 Å². The molecule has 0 aromatic carbocycles. The fourth-order valence-corrected chi connectivity index (χ4v) is 4.28. The number of hydrogen-bond acceptors (Lipinski definition) is 9. The van der Waals surface area contributed by atoms with Crippen LogP contribution in [0, 0.1) is 0 Å². The molecular formula is C21H25ClF3N9O3. The summed E-state index contributed by atoms with van der Waals surface area (Å²) in [5.74, 6) is -0.439. The zero-order valence-corrected chi connectivity index (χ0v) is 20.5. The van der Waals surface area contributed by atoms with E-state index in [4.69, 9.17) is 16.7 Å². The molecule has 0 unspecified atom stereocenters. The highest BCUT2D eigenvalue weighted by molar-refractivity contribution is 6.32. The van der Waals surface area contributed by atoms with Crippen LogP contribution in [0.2, 0.25) is 5.15 Å². The van der Waals surface area contributed by atoms with E-state index in [1.807, 2.05) is 11.8 Å². The van der Waals surface area contributed by atoms with Crippen molar-refractivity contribution in [2.24, 2.45) is 0 Å². The Morgan fingerprint density at radius 3 is 2.59 bits per heavy atom. The first-order valence-electron chi connectivity index (χ1n) is 11.5. The Morgan fingerprint density at radius 2 is 1.97 bits per heavy atom. The minimum atomic E-state index is -4.68. The minimum Gasteiger partial charge on any atom is -0.395 e. The highest BCUT2D eigenvalue weighted by Gasteiger charge is 2.33. The van der Waals surface area contributed by atoms with Gasteiger partial charge in [-0.15, -0.1) is 5.10 Å². The van der Waals surface area contributed by atoms with Gasteiger partial charge in [0.1, 0.15) is 17.9 Å². The van der Waals surface area contributed by atoms with Crippen LogP contribution in [0.5, 0.6) is 0 Å². The van der Waals surface area contributed by atoms with Crippen LogP contribution in [0.1, 0.15) is 18.3 Å². The number of piperazine rings is 1. The molecule has 0 bridgehead atoms. The Hall–Kier alpha value is -3.43. The highest BCUT2D eigenvalue weighted by atomic mass is 35.5. The van der Waals surface area contributed by atoms with Gasteiger partial charge in [-0.3, -0.25) is 9.59 Å². The van der Waals surface area contributed by atoms with Crippen LogP contribution in [-0.4, -0.2) is 74.5 Å². The zero-order valence-electron chi connectivity index (χ0n) is 19.8. The molecule has 37 heavy (non-hydrogen) atoms. The number of pyridine rings is 1. The van der Waals surface area contributed by atoms with Gasteiger partial charge in [-0.1, -0.05) is 18.5 Å². The van der Waals surface area contributed by atoms with Crippen LogP contribution in [-0.2, 0) is 23.9 Å². The summed E-state index contributed by atoms with van der Waals surface area (Å²) in [7, 11) is 0. The number of hydrogen-bond donors (Lipinski definition) is 4. The van der Waals surface area contributed by atoms with Crippen molar-refractivity contribution in [2.75, 3.05) is 54.9 Å². The summed E-state index contributed by atoms with van der Waals surface area (Å²) < 4.78 is 41.3. The third kappa shape index (κ3) is 5.62. The molecule has 0 aliphatic carbocycles. The topological polar surface area (TPSA) is 142 Å². The van der Waals surface area contributed by atoms with Crippen LogP contribution in [0.25, 0.3) is 5.78 Å². The molecule has 0 saturated carbocycles. The first kappa shape index (κ1) is 26.6. The summed E-state index contributed by atoms with van der Waals surface area (Å²) in [4.78, 5) is 36.1. The molecule has 1 aliphatic heterocycles. The number of aliphatic hydroxyl groups is 1. The van der Waals surface area contributed by atoms with Gasteiger partial charge in [-0.2, -0.15) is 22.7 Å². The Kier molecular flexibility index (Phi) is 7.85. The molecule has 0 spiro atoms. The van der Waals surface area contributed by atoms with Crippen molar-refractivity contribution in [2.45, 2.75) is 26.1 Å². The van der Waals surface area contributed by atoms with E-state index in [0.29, 0.717) is 44.0 Å². The summed E-state index contributed by atoms with van der Waals surface area (Å²) in [6.45, 7) is 3.94. The largest absolute Gasteiger partial charge is 0.433 e. The van der Waals surface area contributed by atoms with E-state index in [0.717, 1.165) is 16.6 Å². The number of amides is 1. The van der Waals surface area contributed by atoms with E-state index >= 15 is 0 Å². The molecular weight excluding hydrogens is 519 g/mol. The van der Waals surface area contributed by atoms with Gasteiger partial charge in [0.05, 0.1) is 18.0 Å². The minimum absolute atomic E-state index is 0.0907. The molecule has 200 valence electrons. The van der Waals surface area contributed by atoms with Crippen molar-refractivity contribution >= 4 is 40.6 Å². The molecule has 1 saturated heterocycles. The second-order valence-corrected chi connectivity index (χ2v) is 8.51. The van der Waals surface area contributed by atoms with Gasteiger partial charge >= 0.3 is 6.18 Å². The Balaban J connectivity index is 1.74. The van der Waals surface area contributed by atoms with E-state index in [9.17, 15) is 22.8 Å². The molecule has 0 atom stereocenters. The maximum absolute atomic E-state index is 13.5. The molecule has 1 fully saturated rings. The fraction of sp³-hybridized carbons (Fsp3) is 0.476. The molecule has 3 aromatic rings. The van der Waals surface area contributed by atoms with Crippen LogP contribution < -0.4 is 26.4 Å². The summed E-state index contributed by atoms with van der Waals surface area (Å²) in [5, 5.41) is 21.3. The standard InChI is InChI=1S/C21H25ClF3N9O3/c1-2-13-16(32-8-5-26-6-9-32)18(37)34-20(30-19(31-34)27-7-10-35)33(13)11-15(36)28-12-3-4-14(21(23,24)25)29-17(12)22/h3-4,26,35H,2,5-11H2,1H3,(H,27,31)(H,28,36).